The van der Waals surface area contributed by atoms with Gasteiger partial charge in [-0.3, -0.25) is 0 Å². The highest BCUT2D eigenvalue weighted by molar-refractivity contribution is 5.16. The zero-order chi connectivity index (χ0) is 5.86. The molecule has 0 saturated carbocycles. The molecule has 0 aliphatic heterocycles. The third-order valence-electron chi connectivity index (χ3n) is 0.675. The van der Waals surface area contributed by atoms with Crippen molar-refractivity contribution in [2.45, 2.75) is 6.92 Å². The SMILES string of the molecule is C=C/C(N)=C(\C)N. The first-order chi connectivity index (χ1) is 3.18. The predicted octanol–water partition coefficient (Wildman–Crippen LogP) is 0.321. The van der Waals surface area contributed by atoms with Crippen LogP contribution in [-0.2, 0) is 0 Å². The van der Waals surface area contributed by atoms with Crippen LogP contribution in [0.3, 0.4) is 0 Å². The molecule has 2 heteroatoms. The van der Waals surface area contributed by atoms with Crippen molar-refractivity contribution in [2.24, 2.45) is 11.5 Å². The molecule has 0 saturated heterocycles. The highest BCUT2D eigenvalue weighted by atomic mass is 14.7. The second kappa shape index (κ2) is 2.29. The first-order valence-corrected chi connectivity index (χ1v) is 2.02. The van der Waals surface area contributed by atoms with Crippen LogP contribution in [0.1, 0.15) is 6.92 Å². The van der Waals surface area contributed by atoms with E-state index in [0.29, 0.717) is 11.4 Å². The predicted molar refractivity (Wildman–Crippen MR) is 31.3 cm³/mol. The molecule has 0 spiro atoms. The lowest BCUT2D eigenvalue weighted by atomic mass is 10.4. The van der Waals surface area contributed by atoms with Gasteiger partial charge in [0.15, 0.2) is 0 Å². The van der Waals surface area contributed by atoms with Gasteiger partial charge in [0.1, 0.15) is 0 Å². The number of allylic oxidation sites excluding steroid dienone is 2. The van der Waals surface area contributed by atoms with Crippen LogP contribution >= 0.6 is 0 Å². The summed E-state index contributed by atoms with van der Waals surface area (Å²) in [6.45, 7) is 5.15. The normalized spacial score (nSPS) is 12.7. The van der Waals surface area contributed by atoms with Crippen molar-refractivity contribution >= 4 is 0 Å². The number of hydrogen-bond acceptors (Lipinski definition) is 2. The van der Waals surface area contributed by atoms with E-state index in [9.17, 15) is 0 Å². The first-order valence-electron chi connectivity index (χ1n) is 2.02. The molecule has 7 heavy (non-hydrogen) atoms. The summed E-state index contributed by atoms with van der Waals surface area (Å²) in [7, 11) is 0. The Bertz CT molecular complexity index is 98.6. The monoisotopic (exact) mass is 98.1 g/mol. The minimum atomic E-state index is 0.556. The molecule has 0 aromatic carbocycles. The van der Waals surface area contributed by atoms with Crippen molar-refractivity contribution in [3.05, 3.63) is 24.0 Å². The molecular weight excluding hydrogens is 88.1 g/mol. The number of nitrogens with two attached hydrogens (primary N) is 2. The minimum Gasteiger partial charge on any atom is -0.401 e. The van der Waals surface area contributed by atoms with Gasteiger partial charge in [-0.2, -0.15) is 0 Å². The standard InChI is InChI=1S/C5H10N2/c1-3-5(7)4(2)6/h3H,1,6-7H2,2H3/b5-4-. The third kappa shape index (κ3) is 1.87. The molecule has 0 aromatic rings. The van der Waals surface area contributed by atoms with Gasteiger partial charge in [0, 0.05) is 11.4 Å². The summed E-state index contributed by atoms with van der Waals surface area (Å²) < 4.78 is 0. The van der Waals surface area contributed by atoms with Gasteiger partial charge in [-0.25, -0.2) is 0 Å². The van der Waals surface area contributed by atoms with Crippen LogP contribution in [0.25, 0.3) is 0 Å². The van der Waals surface area contributed by atoms with E-state index in [4.69, 9.17) is 11.5 Å². The summed E-state index contributed by atoms with van der Waals surface area (Å²) in [5, 5.41) is 0. The quantitative estimate of drug-likeness (QED) is 0.464. The van der Waals surface area contributed by atoms with Crippen LogP contribution < -0.4 is 11.5 Å². The zero-order valence-electron chi connectivity index (χ0n) is 4.44. The Morgan fingerprint density at radius 1 is 1.57 bits per heavy atom. The summed E-state index contributed by atoms with van der Waals surface area (Å²) in [6, 6.07) is 0. The first kappa shape index (κ1) is 6.08. The summed E-state index contributed by atoms with van der Waals surface area (Å²) in [5.41, 5.74) is 11.7. The van der Waals surface area contributed by atoms with Crippen molar-refractivity contribution < 1.29 is 0 Å². The molecule has 0 fully saturated rings. The molecule has 0 aromatic heterocycles. The Hall–Kier alpha value is -0.920. The van der Waals surface area contributed by atoms with Crippen molar-refractivity contribution in [2.75, 3.05) is 0 Å². The van der Waals surface area contributed by atoms with Gasteiger partial charge in [-0.15, -0.1) is 0 Å². The van der Waals surface area contributed by atoms with E-state index in [0.717, 1.165) is 0 Å². The molecule has 4 N–H and O–H groups in total. The van der Waals surface area contributed by atoms with Crippen LogP contribution in [0.2, 0.25) is 0 Å². The summed E-state index contributed by atoms with van der Waals surface area (Å²) in [5.74, 6) is 0. The average Bonchev–Trinajstić information content (AvgIpc) is 1.65. The number of rotatable bonds is 1. The molecule has 40 valence electrons. The van der Waals surface area contributed by atoms with Gasteiger partial charge >= 0.3 is 0 Å². The maximum atomic E-state index is 5.25. The van der Waals surface area contributed by atoms with Crippen molar-refractivity contribution in [3.63, 3.8) is 0 Å². The van der Waals surface area contributed by atoms with Crippen LogP contribution in [0, 0.1) is 0 Å². The van der Waals surface area contributed by atoms with Gasteiger partial charge < -0.3 is 11.5 Å². The highest BCUT2D eigenvalue weighted by Gasteiger charge is 1.80. The van der Waals surface area contributed by atoms with E-state index in [1.165, 1.54) is 6.08 Å². The molecular formula is C5H10N2. The fourth-order valence-corrected chi connectivity index (χ4v) is 0.161. The second-order valence-electron chi connectivity index (χ2n) is 1.34. The van der Waals surface area contributed by atoms with Crippen molar-refractivity contribution in [1.82, 2.24) is 0 Å². The molecule has 0 rings (SSSR count). The average molecular weight is 98.1 g/mol. The largest absolute Gasteiger partial charge is 0.401 e. The van der Waals surface area contributed by atoms with Gasteiger partial charge in [-0.1, -0.05) is 6.58 Å². The van der Waals surface area contributed by atoms with Crippen molar-refractivity contribution in [3.8, 4) is 0 Å². The molecule has 0 aliphatic rings. The maximum Gasteiger partial charge on any atom is 0.0495 e. The maximum absolute atomic E-state index is 5.25. The lowest BCUT2D eigenvalue weighted by Crippen LogP contribution is -2.03. The fourth-order valence-electron chi connectivity index (χ4n) is 0.161. The Labute approximate surface area is 43.5 Å². The molecule has 2 nitrogen and oxygen atoms in total. The minimum absolute atomic E-state index is 0.556. The zero-order valence-corrected chi connectivity index (χ0v) is 4.44. The van der Waals surface area contributed by atoms with Gasteiger partial charge in [0.25, 0.3) is 0 Å². The molecule has 0 amide bonds. The van der Waals surface area contributed by atoms with Crippen LogP contribution in [0.4, 0.5) is 0 Å². The summed E-state index contributed by atoms with van der Waals surface area (Å²) in [6.07, 6.45) is 1.52. The van der Waals surface area contributed by atoms with E-state index in [1.807, 2.05) is 0 Å². The van der Waals surface area contributed by atoms with Crippen LogP contribution in [-0.4, -0.2) is 0 Å². The lowest BCUT2D eigenvalue weighted by molar-refractivity contribution is 1.21. The van der Waals surface area contributed by atoms with E-state index in [1.54, 1.807) is 6.92 Å². The van der Waals surface area contributed by atoms with Gasteiger partial charge in [0.05, 0.1) is 0 Å². The number of hydrogen-bond donors (Lipinski definition) is 2. The lowest BCUT2D eigenvalue weighted by Gasteiger charge is -1.91. The Morgan fingerprint density at radius 3 is 2.00 bits per heavy atom. The third-order valence-corrected chi connectivity index (χ3v) is 0.675. The highest BCUT2D eigenvalue weighted by Crippen LogP contribution is 1.86. The molecule has 0 radical (unpaired) electrons. The fraction of sp³-hybridized carbons (Fsp3) is 0.200. The molecule has 0 heterocycles. The van der Waals surface area contributed by atoms with Gasteiger partial charge in [0.2, 0.25) is 0 Å². The Morgan fingerprint density at radius 2 is 2.00 bits per heavy atom. The Kier molecular flexibility index (Phi) is 1.99. The summed E-state index contributed by atoms with van der Waals surface area (Å²) in [4.78, 5) is 0. The van der Waals surface area contributed by atoms with E-state index in [-0.39, 0.29) is 0 Å². The van der Waals surface area contributed by atoms with Gasteiger partial charge in [-0.05, 0) is 13.0 Å². The smallest absolute Gasteiger partial charge is 0.0495 e. The van der Waals surface area contributed by atoms with E-state index in [2.05, 4.69) is 6.58 Å². The summed E-state index contributed by atoms with van der Waals surface area (Å²) >= 11 is 0. The second-order valence-corrected chi connectivity index (χ2v) is 1.34. The van der Waals surface area contributed by atoms with E-state index >= 15 is 0 Å². The molecule has 0 bridgehead atoms. The van der Waals surface area contributed by atoms with E-state index < -0.39 is 0 Å². The van der Waals surface area contributed by atoms with Crippen molar-refractivity contribution in [1.29, 1.82) is 0 Å². The van der Waals surface area contributed by atoms with Crippen LogP contribution in [0.15, 0.2) is 24.0 Å². The topological polar surface area (TPSA) is 52.0 Å². The van der Waals surface area contributed by atoms with Crippen LogP contribution in [0.5, 0.6) is 0 Å². The molecule has 0 unspecified atom stereocenters. The Balaban J connectivity index is 3.98. The molecule has 0 aliphatic carbocycles. The molecule has 0 atom stereocenters.